The number of ether oxygens (including phenoxy) is 1. The average molecular weight is 424 g/mol. The fourth-order valence-electron chi connectivity index (χ4n) is 5.19. The molecular weight excluding hydrogens is 394 g/mol. The Morgan fingerprint density at radius 1 is 1.19 bits per heavy atom. The fourth-order valence-corrected chi connectivity index (χ4v) is 5.19. The number of piperidine rings is 1. The Bertz CT molecular complexity index is 1030. The second kappa shape index (κ2) is 8.42. The largest absolute Gasteiger partial charge is 0.381 e. The summed E-state index contributed by atoms with van der Waals surface area (Å²) in [6.45, 7) is 6.34. The molecule has 1 amide bonds. The number of aryl methyl sites for hydroxylation is 1. The van der Waals surface area contributed by atoms with E-state index in [0.717, 1.165) is 62.8 Å². The summed E-state index contributed by atoms with van der Waals surface area (Å²) in [5.74, 6) is 1.66. The van der Waals surface area contributed by atoms with E-state index >= 15 is 0 Å². The Hall–Kier alpha value is -2.74. The number of aromatic nitrogens is 3. The first-order valence-electron chi connectivity index (χ1n) is 11.2. The van der Waals surface area contributed by atoms with Crippen LogP contribution < -0.4 is 15.8 Å². The minimum absolute atomic E-state index is 0.166. The Labute approximate surface area is 181 Å². The van der Waals surface area contributed by atoms with Crippen molar-refractivity contribution in [1.29, 1.82) is 0 Å². The third-order valence-electron chi connectivity index (χ3n) is 6.81. The molecule has 0 unspecified atom stereocenters. The third-order valence-corrected chi connectivity index (χ3v) is 6.81. The molecule has 0 aliphatic carbocycles. The predicted octanol–water partition coefficient (Wildman–Crippen LogP) is 1.73. The Balaban J connectivity index is 1.33. The van der Waals surface area contributed by atoms with Crippen LogP contribution >= 0.6 is 0 Å². The van der Waals surface area contributed by atoms with Gasteiger partial charge in [-0.3, -0.25) is 14.6 Å². The number of nitrogens with zero attached hydrogens (tertiary/aromatic N) is 4. The maximum Gasteiger partial charge on any atom is 0.263 e. The Morgan fingerprint density at radius 3 is 2.84 bits per heavy atom. The summed E-state index contributed by atoms with van der Waals surface area (Å²) >= 11 is 0. The first-order chi connectivity index (χ1) is 15.1. The van der Waals surface area contributed by atoms with Crippen LogP contribution in [0, 0.1) is 18.8 Å². The smallest absolute Gasteiger partial charge is 0.263 e. The van der Waals surface area contributed by atoms with Gasteiger partial charge in [-0.15, -0.1) is 0 Å². The molecule has 164 valence electrons. The summed E-state index contributed by atoms with van der Waals surface area (Å²) in [7, 11) is 0. The van der Waals surface area contributed by atoms with E-state index in [-0.39, 0.29) is 22.9 Å². The van der Waals surface area contributed by atoms with Gasteiger partial charge in [0.25, 0.3) is 11.5 Å². The lowest BCUT2D eigenvalue weighted by molar-refractivity contribution is 0.0642. The van der Waals surface area contributed by atoms with E-state index in [1.807, 2.05) is 23.8 Å². The van der Waals surface area contributed by atoms with Crippen LogP contribution in [0.15, 0.2) is 29.3 Å². The molecule has 8 nitrogen and oxygen atoms in total. The number of carbonyl (C=O) groups is 1. The molecule has 0 saturated carbocycles. The Kier molecular flexibility index (Phi) is 5.48. The highest BCUT2D eigenvalue weighted by molar-refractivity contribution is 5.93. The van der Waals surface area contributed by atoms with Crippen LogP contribution in [0.4, 0.5) is 5.82 Å². The second-order valence-corrected chi connectivity index (χ2v) is 9.08. The number of hydrogen-bond donors (Lipinski definition) is 1. The molecule has 2 fully saturated rings. The van der Waals surface area contributed by atoms with Gasteiger partial charge in [0.1, 0.15) is 11.4 Å². The van der Waals surface area contributed by atoms with Crippen molar-refractivity contribution in [3.8, 4) is 0 Å². The molecule has 5 rings (SSSR count). The average Bonchev–Trinajstić information content (AvgIpc) is 2.79. The molecule has 1 N–H and O–H groups in total. The van der Waals surface area contributed by atoms with Gasteiger partial charge in [0, 0.05) is 57.2 Å². The number of nitrogens with one attached hydrogen (secondary N) is 1. The van der Waals surface area contributed by atoms with E-state index in [1.54, 1.807) is 12.3 Å². The zero-order valence-electron chi connectivity index (χ0n) is 17.9. The standard InChI is InChI=1S/C23H29N5O3/c1-15-9-24-11-21(26-15)27-12-17-8-18(14-27)20-3-2-19(23(30)28(20)13-17)22(29)25-10-16-4-6-31-7-5-16/h2-3,9,11,16-18H,4-8,10,12-14H2,1H3,(H,25,29)/t17-,18+/m0/s1. The summed E-state index contributed by atoms with van der Waals surface area (Å²) in [4.78, 5) is 37.1. The van der Waals surface area contributed by atoms with Gasteiger partial charge in [-0.1, -0.05) is 0 Å². The normalized spacial score (nSPS) is 23.3. The molecule has 5 heterocycles. The van der Waals surface area contributed by atoms with Crippen molar-refractivity contribution in [3.63, 3.8) is 0 Å². The van der Waals surface area contributed by atoms with E-state index in [0.29, 0.717) is 24.9 Å². The molecule has 0 spiro atoms. The molecule has 2 atom stereocenters. The predicted molar refractivity (Wildman–Crippen MR) is 116 cm³/mol. The lowest BCUT2D eigenvalue weighted by Gasteiger charge is -2.43. The number of hydrogen-bond acceptors (Lipinski definition) is 6. The number of amides is 1. The van der Waals surface area contributed by atoms with Crippen LogP contribution in [0.2, 0.25) is 0 Å². The molecule has 2 bridgehead atoms. The minimum atomic E-state index is -0.265. The molecule has 8 heteroatoms. The van der Waals surface area contributed by atoms with Crippen LogP contribution in [-0.2, 0) is 11.3 Å². The quantitative estimate of drug-likeness (QED) is 0.806. The van der Waals surface area contributed by atoms with Crippen molar-refractivity contribution in [2.24, 2.45) is 11.8 Å². The van der Waals surface area contributed by atoms with Crippen LogP contribution in [0.1, 0.15) is 46.9 Å². The molecular formula is C23H29N5O3. The van der Waals surface area contributed by atoms with E-state index in [2.05, 4.69) is 20.2 Å². The highest BCUT2D eigenvalue weighted by atomic mass is 16.5. The van der Waals surface area contributed by atoms with E-state index in [4.69, 9.17) is 4.74 Å². The van der Waals surface area contributed by atoms with Crippen molar-refractivity contribution in [2.45, 2.75) is 38.6 Å². The Morgan fingerprint density at radius 2 is 2.03 bits per heavy atom. The minimum Gasteiger partial charge on any atom is -0.381 e. The van der Waals surface area contributed by atoms with Gasteiger partial charge in [0.2, 0.25) is 0 Å². The first kappa shape index (κ1) is 20.2. The van der Waals surface area contributed by atoms with Gasteiger partial charge in [0.15, 0.2) is 0 Å². The number of rotatable bonds is 4. The van der Waals surface area contributed by atoms with Gasteiger partial charge in [0.05, 0.1) is 11.9 Å². The topological polar surface area (TPSA) is 89.4 Å². The maximum absolute atomic E-state index is 13.2. The number of fused-ring (bicyclic) bond motifs is 4. The molecule has 2 aromatic heterocycles. The van der Waals surface area contributed by atoms with Gasteiger partial charge >= 0.3 is 0 Å². The van der Waals surface area contributed by atoms with Crippen LogP contribution in [0.5, 0.6) is 0 Å². The second-order valence-electron chi connectivity index (χ2n) is 9.08. The van der Waals surface area contributed by atoms with Gasteiger partial charge < -0.3 is 19.5 Å². The van der Waals surface area contributed by atoms with Crippen molar-refractivity contribution >= 4 is 11.7 Å². The lowest BCUT2D eigenvalue weighted by atomic mass is 9.83. The first-order valence-corrected chi connectivity index (χ1v) is 11.2. The van der Waals surface area contributed by atoms with Crippen molar-refractivity contribution in [3.05, 3.63) is 51.8 Å². The lowest BCUT2D eigenvalue weighted by Crippen LogP contribution is -2.48. The monoisotopic (exact) mass is 423 g/mol. The molecule has 3 aliphatic heterocycles. The molecule has 3 aliphatic rings. The van der Waals surface area contributed by atoms with E-state index in [9.17, 15) is 9.59 Å². The highest BCUT2D eigenvalue weighted by Crippen LogP contribution is 2.36. The van der Waals surface area contributed by atoms with Crippen molar-refractivity contribution in [1.82, 2.24) is 19.9 Å². The van der Waals surface area contributed by atoms with E-state index < -0.39 is 0 Å². The van der Waals surface area contributed by atoms with Crippen molar-refractivity contribution < 1.29 is 9.53 Å². The zero-order chi connectivity index (χ0) is 21.4. The maximum atomic E-state index is 13.2. The van der Waals surface area contributed by atoms with Crippen molar-refractivity contribution in [2.75, 3.05) is 37.7 Å². The summed E-state index contributed by atoms with van der Waals surface area (Å²) in [6, 6.07) is 3.68. The van der Waals surface area contributed by atoms with Crippen LogP contribution in [0.3, 0.4) is 0 Å². The molecule has 0 aromatic carbocycles. The molecule has 0 radical (unpaired) electrons. The van der Waals surface area contributed by atoms with E-state index in [1.165, 1.54) is 0 Å². The third kappa shape index (κ3) is 4.08. The molecule has 2 aromatic rings. The highest BCUT2D eigenvalue weighted by Gasteiger charge is 2.36. The summed E-state index contributed by atoms with van der Waals surface area (Å²) in [6.07, 6.45) is 6.54. The summed E-state index contributed by atoms with van der Waals surface area (Å²) in [5.41, 5.74) is 2.01. The molecule has 2 saturated heterocycles. The van der Waals surface area contributed by atoms with Gasteiger partial charge in [-0.25, -0.2) is 4.98 Å². The number of pyridine rings is 1. The SMILES string of the molecule is Cc1cncc(N2C[C@@H]3C[C@H](C2)c2ccc(C(=O)NCC4CCOCC4)c(=O)n2C3)n1. The van der Waals surface area contributed by atoms with Crippen LogP contribution in [0.25, 0.3) is 0 Å². The van der Waals surface area contributed by atoms with Crippen LogP contribution in [-0.4, -0.2) is 53.3 Å². The number of anilines is 1. The summed E-state index contributed by atoms with van der Waals surface area (Å²) < 4.78 is 7.21. The summed E-state index contributed by atoms with van der Waals surface area (Å²) in [5, 5.41) is 2.97. The van der Waals surface area contributed by atoms with Gasteiger partial charge in [-0.2, -0.15) is 0 Å². The zero-order valence-corrected chi connectivity index (χ0v) is 17.9. The van der Waals surface area contributed by atoms with Gasteiger partial charge in [-0.05, 0) is 50.2 Å². The fraction of sp³-hybridized carbons (Fsp3) is 0.565. The number of carbonyl (C=O) groups excluding carboxylic acids is 1. The molecule has 31 heavy (non-hydrogen) atoms.